The molecule has 4 aliphatic carbocycles. The van der Waals surface area contributed by atoms with E-state index in [1.54, 1.807) is 24.3 Å². The number of allylic oxidation sites excluding steroid dienone is 2. The summed E-state index contributed by atoms with van der Waals surface area (Å²) in [5.74, 6) is 1.11. The molecule has 2 bridgehead atoms. The minimum atomic E-state index is -0.267. The van der Waals surface area contributed by atoms with Gasteiger partial charge in [0, 0.05) is 15.6 Å². The van der Waals surface area contributed by atoms with Crippen molar-refractivity contribution in [3.63, 3.8) is 0 Å². The lowest BCUT2D eigenvalue weighted by Gasteiger charge is -2.37. The number of ether oxygens (including phenoxy) is 1. The molecule has 2 saturated carbocycles. The summed E-state index contributed by atoms with van der Waals surface area (Å²) in [5, 5.41) is 6.52. The van der Waals surface area contributed by atoms with Crippen LogP contribution in [0.2, 0.25) is 10.0 Å². The molecule has 32 heavy (non-hydrogen) atoms. The second kappa shape index (κ2) is 7.46. The molecule has 0 aromatic heterocycles. The van der Waals surface area contributed by atoms with Crippen LogP contribution < -0.4 is 4.74 Å². The summed E-state index contributed by atoms with van der Waals surface area (Å²) in [7, 11) is 0. The fourth-order valence-electron chi connectivity index (χ4n) is 5.71. The molecule has 1 aliphatic heterocycles. The predicted molar refractivity (Wildman–Crippen MR) is 121 cm³/mol. The predicted octanol–water partition coefficient (Wildman–Crippen LogP) is 4.96. The van der Waals surface area contributed by atoms with Crippen molar-refractivity contribution in [1.29, 1.82) is 0 Å². The van der Waals surface area contributed by atoms with E-state index < -0.39 is 0 Å². The van der Waals surface area contributed by atoms with E-state index in [1.165, 1.54) is 6.21 Å². The summed E-state index contributed by atoms with van der Waals surface area (Å²) in [6, 6.07) is 12.6. The first-order valence-electron chi connectivity index (χ1n) is 10.8. The van der Waals surface area contributed by atoms with E-state index in [0.29, 0.717) is 39.8 Å². The minimum Gasteiger partial charge on any atom is -0.488 e. The fraction of sp³-hybridized carbons (Fsp3) is 0.320. The zero-order valence-corrected chi connectivity index (χ0v) is 18.5. The number of carbonyl (C=O) groups excluding carboxylic acids is 2. The van der Waals surface area contributed by atoms with Gasteiger partial charge in [-0.15, -0.1) is 0 Å². The average molecular weight is 467 g/mol. The quantitative estimate of drug-likeness (QED) is 0.355. The van der Waals surface area contributed by atoms with Gasteiger partial charge in [0.1, 0.15) is 12.4 Å². The molecular weight excluding hydrogens is 447 g/mol. The van der Waals surface area contributed by atoms with Gasteiger partial charge in [-0.05, 0) is 66.0 Å². The Balaban J connectivity index is 1.23. The Morgan fingerprint density at radius 1 is 0.969 bits per heavy atom. The molecule has 7 rings (SSSR count). The van der Waals surface area contributed by atoms with Crippen molar-refractivity contribution >= 4 is 41.2 Å². The van der Waals surface area contributed by atoms with Crippen LogP contribution in [0.25, 0.3) is 0 Å². The Labute approximate surface area is 195 Å². The van der Waals surface area contributed by atoms with Gasteiger partial charge >= 0.3 is 0 Å². The van der Waals surface area contributed by atoms with Crippen LogP contribution in [0.4, 0.5) is 0 Å². The summed E-state index contributed by atoms with van der Waals surface area (Å²) in [4.78, 5) is 26.2. The van der Waals surface area contributed by atoms with E-state index in [4.69, 9.17) is 27.9 Å². The molecule has 6 atom stereocenters. The number of halogens is 2. The van der Waals surface area contributed by atoms with Crippen molar-refractivity contribution in [2.75, 3.05) is 0 Å². The van der Waals surface area contributed by atoms with Crippen molar-refractivity contribution < 1.29 is 14.3 Å². The third-order valence-corrected chi connectivity index (χ3v) is 7.68. The van der Waals surface area contributed by atoms with E-state index in [-0.39, 0.29) is 35.5 Å². The highest BCUT2D eigenvalue weighted by Crippen LogP contribution is 2.65. The molecular formula is C25H20Cl2N2O3. The topological polar surface area (TPSA) is 59.0 Å². The smallest absolute Gasteiger partial charge is 0.254 e. The van der Waals surface area contributed by atoms with Crippen LogP contribution in [0.1, 0.15) is 17.5 Å². The Morgan fingerprint density at radius 3 is 2.34 bits per heavy atom. The number of nitrogens with zero attached hydrogens (tertiary/aromatic N) is 2. The molecule has 162 valence electrons. The molecule has 3 fully saturated rings. The maximum absolute atomic E-state index is 13.1. The van der Waals surface area contributed by atoms with Crippen molar-refractivity contribution in [3.05, 3.63) is 75.8 Å². The standard InChI is InChI=1S/C25H20Cl2N2O3/c26-15-3-1-2-13(8-15)12-32-21-7-4-16(27)9-14(21)11-28-29-24(30)22-17-5-6-18(20-10-19(17)20)23(22)25(29)31/h1-9,11,17-20,22-23H,10,12H2/b28-11+. The summed E-state index contributed by atoms with van der Waals surface area (Å²) >= 11 is 12.2. The maximum atomic E-state index is 13.1. The fourth-order valence-corrected chi connectivity index (χ4v) is 6.11. The monoisotopic (exact) mass is 466 g/mol. The molecule has 2 amide bonds. The first kappa shape index (κ1) is 20.0. The van der Waals surface area contributed by atoms with E-state index in [0.717, 1.165) is 17.0 Å². The van der Waals surface area contributed by atoms with Gasteiger partial charge < -0.3 is 4.74 Å². The lowest BCUT2D eigenvalue weighted by Crippen LogP contribution is -2.40. The molecule has 6 unspecified atom stereocenters. The normalized spacial score (nSPS) is 31.9. The van der Waals surface area contributed by atoms with Crippen molar-refractivity contribution in [2.24, 2.45) is 40.6 Å². The largest absolute Gasteiger partial charge is 0.488 e. The van der Waals surface area contributed by atoms with Gasteiger partial charge in [-0.2, -0.15) is 10.1 Å². The molecule has 0 N–H and O–H groups in total. The number of hydrogen-bond donors (Lipinski definition) is 0. The molecule has 1 heterocycles. The van der Waals surface area contributed by atoms with E-state index in [1.807, 2.05) is 18.2 Å². The Kier molecular flexibility index (Phi) is 4.67. The minimum absolute atomic E-state index is 0.175. The van der Waals surface area contributed by atoms with Crippen LogP contribution in [-0.2, 0) is 16.2 Å². The molecule has 0 spiro atoms. The van der Waals surface area contributed by atoms with Gasteiger partial charge in [0.25, 0.3) is 11.8 Å². The first-order chi connectivity index (χ1) is 15.5. The highest BCUT2D eigenvalue weighted by molar-refractivity contribution is 6.31. The summed E-state index contributed by atoms with van der Waals surface area (Å²) in [6.07, 6.45) is 6.92. The Morgan fingerprint density at radius 2 is 1.66 bits per heavy atom. The summed E-state index contributed by atoms with van der Waals surface area (Å²) < 4.78 is 5.95. The molecule has 2 aromatic rings. The SMILES string of the molecule is O=C1C2C3C=CC(C4CC34)C2C(=O)N1/N=C/c1cc(Cl)ccc1OCc1cccc(Cl)c1. The lowest BCUT2D eigenvalue weighted by atomic mass is 9.63. The van der Waals surface area contributed by atoms with Gasteiger partial charge in [-0.25, -0.2) is 0 Å². The summed E-state index contributed by atoms with van der Waals surface area (Å²) in [6.45, 7) is 0.312. The van der Waals surface area contributed by atoms with E-state index >= 15 is 0 Å². The highest BCUT2D eigenvalue weighted by Gasteiger charge is 2.67. The number of hydrogen-bond acceptors (Lipinski definition) is 4. The Hall–Kier alpha value is -2.63. The highest BCUT2D eigenvalue weighted by atomic mass is 35.5. The third-order valence-electron chi connectivity index (χ3n) is 7.21. The number of imide groups is 1. The van der Waals surface area contributed by atoms with Gasteiger partial charge in [-0.3, -0.25) is 9.59 Å². The first-order valence-corrected chi connectivity index (χ1v) is 11.5. The molecule has 7 heteroatoms. The molecule has 0 radical (unpaired) electrons. The van der Waals surface area contributed by atoms with Crippen molar-refractivity contribution in [2.45, 2.75) is 13.0 Å². The average Bonchev–Trinajstić information content (AvgIpc) is 3.56. The third kappa shape index (κ3) is 3.18. The van der Waals surface area contributed by atoms with Gasteiger partial charge in [0.05, 0.1) is 18.1 Å². The molecule has 2 aromatic carbocycles. The van der Waals surface area contributed by atoms with Gasteiger partial charge in [0.15, 0.2) is 0 Å². The van der Waals surface area contributed by atoms with Crippen molar-refractivity contribution in [1.82, 2.24) is 5.01 Å². The Bertz CT molecular complexity index is 1160. The van der Waals surface area contributed by atoms with E-state index in [9.17, 15) is 9.59 Å². The summed E-state index contributed by atoms with van der Waals surface area (Å²) in [5.41, 5.74) is 1.52. The van der Waals surface area contributed by atoms with Crippen LogP contribution in [0, 0.1) is 35.5 Å². The van der Waals surface area contributed by atoms with Crippen LogP contribution in [-0.4, -0.2) is 23.0 Å². The lowest BCUT2D eigenvalue weighted by molar-refractivity contribution is -0.140. The second-order valence-electron chi connectivity index (χ2n) is 8.99. The zero-order chi connectivity index (χ0) is 22.0. The van der Waals surface area contributed by atoms with Crippen molar-refractivity contribution in [3.8, 4) is 5.75 Å². The number of hydrazone groups is 1. The number of amides is 2. The molecule has 5 aliphatic rings. The van der Waals surface area contributed by atoms with E-state index in [2.05, 4.69) is 17.3 Å². The molecule has 1 saturated heterocycles. The van der Waals surface area contributed by atoms with Crippen LogP contribution >= 0.6 is 23.2 Å². The number of benzene rings is 2. The zero-order valence-electron chi connectivity index (χ0n) is 17.0. The second-order valence-corrected chi connectivity index (χ2v) is 9.86. The maximum Gasteiger partial charge on any atom is 0.254 e. The number of rotatable bonds is 5. The van der Waals surface area contributed by atoms with Crippen LogP contribution in [0.5, 0.6) is 5.75 Å². The van der Waals surface area contributed by atoms with Gasteiger partial charge in [0.2, 0.25) is 0 Å². The van der Waals surface area contributed by atoms with Crippen LogP contribution in [0.15, 0.2) is 59.7 Å². The number of carbonyl (C=O) groups is 2. The molecule has 5 nitrogen and oxygen atoms in total. The van der Waals surface area contributed by atoms with Crippen LogP contribution in [0.3, 0.4) is 0 Å². The van der Waals surface area contributed by atoms with Gasteiger partial charge in [-0.1, -0.05) is 47.5 Å².